The molecule has 0 atom stereocenters. The first-order valence-electron chi connectivity index (χ1n) is 8.63. The number of aromatic nitrogens is 3. The number of aliphatic imine (C=N–C) groups is 1. The van der Waals surface area contributed by atoms with Gasteiger partial charge in [0.05, 0.1) is 0 Å². The monoisotopic (exact) mass is 324 g/mol. The summed E-state index contributed by atoms with van der Waals surface area (Å²) in [5.74, 6) is 2.62. The maximum Gasteiger partial charge on any atom is 0.191 e. The molecule has 0 radical (unpaired) electrons. The molecule has 1 heterocycles. The van der Waals surface area contributed by atoms with Gasteiger partial charge in [-0.15, -0.1) is 10.2 Å². The third kappa shape index (κ3) is 7.97. The van der Waals surface area contributed by atoms with Crippen LogP contribution in [-0.2, 0) is 18.3 Å². The topological polar surface area (TPSA) is 76.4 Å². The number of unbranched alkanes of at least 4 members (excludes halogenated alkanes) is 2. The molecule has 0 spiro atoms. The van der Waals surface area contributed by atoms with Gasteiger partial charge in [-0.2, -0.15) is 0 Å². The van der Waals surface area contributed by atoms with Crippen molar-refractivity contribution in [1.29, 1.82) is 0 Å². The predicted molar refractivity (Wildman–Crippen MR) is 93.5 cm³/mol. The van der Waals surface area contributed by atoms with Crippen LogP contribution in [0.25, 0.3) is 0 Å². The zero-order valence-electron chi connectivity index (χ0n) is 15.1. The van der Waals surface area contributed by atoms with Crippen LogP contribution in [0.4, 0.5) is 0 Å². The summed E-state index contributed by atoms with van der Waals surface area (Å²) in [7, 11) is 1.96. The Balaban J connectivity index is 2.43. The molecule has 0 aliphatic rings. The molecule has 2 N–H and O–H groups in total. The number of hydrogen-bond donors (Lipinski definition) is 2. The van der Waals surface area contributed by atoms with Crippen molar-refractivity contribution in [3.05, 3.63) is 11.6 Å². The summed E-state index contributed by atoms with van der Waals surface area (Å²) in [6.07, 6.45) is 4.42. The number of nitrogens with zero attached hydrogens (tertiary/aromatic N) is 4. The zero-order valence-corrected chi connectivity index (χ0v) is 15.1. The van der Waals surface area contributed by atoms with E-state index in [0.29, 0.717) is 6.54 Å². The molecule has 0 aliphatic heterocycles. The van der Waals surface area contributed by atoms with Crippen LogP contribution in [0.1, 0.15) is 51.2 Å². The van der Waals surface area contributed by atoms with E-state index in [2.05, 4.69) is 32.7 Å². The van der Waals surface area contributed by atoms with Gasteiger partial charge in [-0.3, -0.25) is 0 Å². The van der Waals surface area contributed by atoms with Crippen molar-refractivity contribution < 1.29 is 4.74 Å². The van der Waals surface area contributed by atoms with Crippen molar-refractivity contribution in [3.63, 3.8) is 0 Å². The van der Waals surface area contributed by atoms with Crippen LogP contribution >= 0.6 is 0 Å². The fourth-order valence-corrected chi connectivity index (χ4v) is 1.98. The highest BCUT2D eigenvalue weighted by molar-refractivity contribution is 5.79. The molecule has 7 heteroatoms. The van der Waals surface area contributed by atoms with Crippen molar-refractivity contribution in [2.45, 2.75) is 53.0 Å². The number of hydrogen-bond acceptors (Lipinski definition) is 4. The van der Waals surface area contributed by atoms with Gasteiger partial charge in [0, 0.05) is 33.4 Å². The molecule has 0 fully saturated rings. The van der Waals surface area contributed by atoms with Crippen molar-refractivity contribution >= 4 is 5.96 Å². The SMILES string of the molecule is CCCCNC(=NCc1nnc(C)n1C)NCCCCOCC. The molecular weight excluding hydrogens is 292 g/mol. The molecule has 1 rings (SSSR count). The highest BCUT2D eigenvalue weighted by Crippen LogP contribution is 1.99. The molecule has 132 valence electrons. The van der Waals surface area contributed by atoms with Crippen LogP contribution in [0.3, 0.4) is 0 Å². The first-order chi connectivity index (χ1) is 11.2. The van der Waals surface area contributed by atoms with E-state index < -0.39 is 0 Å². The predicted octanol–water partition coefficient (Wildman–Crippen LogP) is 1.78. The Kier molecular flexibility index (Phi) is 10.0. The van der Waals surface area contributed by atoms with Gasteiger partial charge in [-0.25, -0.2) is 4.99 Å². The maximum atomic E-state index is 5.35. The first kappa shape index (κ1) is 19.4. The van der Waals surface area contributed by atoms with Crippen molar-refractivity contribution in [2.24, 2.45) is 12.0 Å². The van der Waals surface area contributed by atoms with Crippen LogP contribution < -0.4 is 10.6 Å². The third-order valence-electron chi connectivity index (χ3n) is 3.60. The Bertz CT molecular complexity index is 457. The highest BCUT2D eigenvalue weighted by atomic mass is 16.5. The minimum Gasteiger partial charge on any atom is -0.382 e. The molecule has 0 unspecified atom stereocenters. The van der Waals surface area contributed by atoms with Gasteiger partial charge < -0.3 is 19.9 Å². The molecule has 0 saturated heterocycles. The largest absolute Gasteiger partial charge is 0.382 e. The minimum absolute atomic E-state index is 0.526. The lowest BCUT2D eigenvalue weighted by atomic mass is 10.3. The fourth-order valence-electron chi connectivity index (χ4n) is 1.98. The molecule has 1 aromatic rings. The second kappa shape index (κ2) is 11.9. The van der Waals surface area contributed by atoms with Crippen LogP contribution in [-0.4, -0.2) is 47.0 Å². The lowest BCUT2D eigenvalue weighted by Gasteiger charge is -2.12. The summed E-state index contributed by atoms with van der Waals surface area (Å²) in [4.78, 5) is 4.61. The van der Waals surface area contributed by atoms with Crippen LogP contribution in [0, 0.1) is 6.92 Å². The normalized spacial score (nSPS) is 11.7. The molecule has 0 saturated carbocycles. The zero-order chi connectivity index (χ0) is 16.9. The van der Waals surface area contributed by atoms with Crippen molar-refractivity contribution in [2.75, 3.05) is 26.3 Å². The average molecular weight is 324 g/mol. The Hall–Kier alpha value is -1.63. The number of aryl methyl sites for hydroxylation is 1. The summed E-state index contributed by atoms with van der Waals surface area (Å²) in [6, 6.07) is 0. The second-order valence-corrected chi connectivity index (χ2v) is 5.50. The van der Waals surface area contributed by atoms with Crippen molar-refractivity contribution in [3.8, 4) is 0 Å². The summed E-state index contributed by atoms with van der Waals surface area (Å²) >= 11 is 0. The van der Waals surface area contributed by atoms with Gasteiger partial charge in [0.1, 0.15) is 12.4 Å². The fraction of sp³-hybridized carbons (Fsp3) is 0.812. The van der Waals surface area contributed by atoms with Crippen molar-refractivity contribution in [1.82, 2.24) is 25.4 Å². The molecule has 23 heavy (non-hydrogen) atoms. The van der Waals surface area contributed by atoms with Crippen LogP contribution in [0.5, 0.6) is 0 Å². The molecular formula is C16H32N6O. The summed E-state index contributed by atoms with van der Waals surface area (Å²) in [5.41, 5.74) is 0. The first-order valence-corrected chi connectivity index (χ1v) is 8.63. The van der Waals surface area contributed by atoms with E-state index in [9.17, 15) is 0 Å². The summed E-state index contributed by atoms with van der Waals surface area (Å²) < 4.78 is 7.32. The van der Waals surface area contributed by atoms with E-state index in [1.165, 1.54) is 0 Å². The Labute approximate surface area is 139 Å². The van der Waals surface area contributed by atoms with Gasteiger partial charge >= 0.3 is 0 Å². The quantitative estimate of drug-likeness (QED) is 0.369. The van der Waals surface area contributed by atoms with E-state index in [1.54, 1.807) is 0 Å². The molecule has 0 aromatic carbocycles. The van der Waals surface area contributed by atoms with Gasteiger partial charge in [0.25, 0.3) is 0 Å². The third-order valence-corrected chi connectivity index (χ3v) is 3.60. The minimum atomic E-state index is 0.526. The molecule has 1 aromatic heterocycles. The number of ether oxygens (including phenoxy) is 1. The number of rotatable bonds is 11. The molecule has 0 amide bonds. The average Bonchev–Trinajstić information content (AvgIpc) is 2.87. The summed E-state index contributed by atoms with van der Waals surface area (Å²) in [5, 5.41) is 15.0. The van der Waals surface area contributed by atoms with E-state index in [0.717, 1.165) is 69.6 Å². The van der Waals surface area contributed by atoms with E-state index in [4.69, 9.17) is 4.74 Å². The summed E-state index contributed by atoms with van der Waals surface area (Å²) in [6.45, 7) is 10.1. The van der Waals surface area contributed by atoms with Gasteiger partial charge in [-0.1, -0.05) is 13.3 Å². The Morgan fingerprint density at radius 2 is 1.87 bits per heavy atom. The lowest BCUT2D eigenvalue weighted by molar-refractivity contribution is 0.143. The van der Waals surface area contributed by atoms with E-state index >= 15 is 0 Å². The van der Waals surface area contributed by atoms with Gasteiger partial charge in [0.2, 0.25) is 0 Å². The second-order valence-electron chi connectivity index (χ2n) is 5.50. The molecule has 0 bridgehead atoms. The van der Waals surface area contributed by atoms with E-state index in [1.807, 2.05) is 25.5 Å². The molecule has 0 aliphatic carbocycles. The Morgan fingerprint density at radius 3 is 2.48 bits per heavy atom. The standard InChI is InChI=1S/C16H32N6O/c1-5-7-10-17-16(18-11-8-9-12-23-6-2)19-13-15-21-20-14(3)22(15)4/h5-13H2,1-4H3,(H2,17,18,19). The smallest absolute Gasteiger partial charge is 0.191 e. The lowest BCUT2D eigenvalue weighted by Crippen LogP contribution is -2.38. The van der Waals surface area contributed by atoms with Crippen LogP contribution in [0.2, 0.25) is 0 Å². The Morgan fingerprint density at radius 1 is 1.13 bits per heavy atom. The maximum absolute atomic E-state index is 5.35. The van der Waals surface area contributed by atoms with Gasteiger partial charge in [-0.05, 0) is 33.1 Å². The van der Waals surface area contributed by atoms with Crippen LogP contribution in [0.15, 0.2) is 4.99 Å². The van der Waals surface area contributed by atoms with Gasteiger partial charge in [0.15, 0.2) is 11.8 Å². The number of guanidine groups is 1. The number of nitrogens with one attached hydrogen (secondary N) is 2. The highest BCUT2D eigenvalue weighted by Gasteiger charge is 2.05. The van der Waals surface area contributed by atoms with E-state index in [-0.39, 0.29) is 0 Å². The molecule has 7 nitrogen and oxygen atoms in total.